The first-order valence-corrected chi connectivity index (χ1v) is 10.8. The Labute approximate surface area is 163 Å². The Morgan fingerprint density at radius 2 is 1.70 bits per heavy atom. The zero-order valence-electron chi connectivity index (χ0n) is 16.6. The van der Waals surface area contributed by atoms with E-state index in [1.165, 1.54) is 31.2 Å². The van der Waals surface area contributed by atoms with E-state index in [4.69, 9.17) is 0 Å². The lowest BCUT2D eigenvalue weighted by molar-refractivity contribution is 0.108. The Bertz CT molecular complexity index is 608. The second-order valence-corrected chi connectivity index (χ2v) is 8.48. The van der Waals surface area contributed by atoms with Crippen molar-refractivity contribution in [3.05, 3.63) is 35.9 Å². The van der Waals surface area contributed by atoms with Gasteiger partial charge in [-0.25, -0.2) is 4.79 Å². The van der Waals surface area contributed by atoms with Crippen LogP contribution >= 0.6 is 0 Å². The van der Waals surface area contributed by atoms with E-state index < -0.39 is 0 Å². The Balaban J connectivity index is 1.22. The highest BCUT2D eigenvalue weighted by molar-refractivity contribution is 5.74. The van der Waals surface area contributed by atoms with Crippen LogP contribution in [0.25, 0.3) is 0 Å². The monoisotopic (exact) mass is 370 g/mol. The molecule has 3 aliphatic rings. The molecule has 5 heteroatoms. The molecule has 1 aliphatic carbocycles. The lowest BCUT2D eigenvalue weighted by Crippen LogP contribution is -2.55. The van der Waals surface area contributed by atoms with Crippen LogP contribution in [0.2, 0.25) is 0 Å². The summed E-state index contributed by atoms with van der Waals surface area (Å²) in [6.07, 6.45) is 6.51. The third-order valence-corrected chi connectivity index (χ3v) is 6.82. The van der Waals surface area contributed by atoms with Crippen LogP contribution in [0.4, 0.5) is 4.79 Å². The second kappa shape index (κ2) is 8.61. The number of hydrogen-bond acceptors (Lipinski definition) is 3. The topological polar surface area (TPSA) is 38.8 Å². The molecule has 2 heterocycles. The molecule has 3 fully saturated rings. The SMILES string of the molecule is CC(c1ccccc1)N1CCC(NC(=O)N2CCN(C3CCCC3)CC2)C1. The van der Waals surface area contributed by atoms with Crippen molar-refractivity contribution in [3.63, 3.8) is 0 Å². The van der Waals surface area contributed by atoms with Gasteiger partial charge in [0.2, 0.25) is 0 Å². The predicted octanol–water partition coefficient (Wildman–Crippen LogP) is 3.09. The number of carbonyl (C=O) groups excluding carboxylic acids is 1. The predicted molar refractivity (Wildman–Crippen MR) is 109 cm³/mol. The quantitative estimate of drug-likeness (QED) is 0.885. The maximum Gasteiger partial charge on any atom is 0.317 e. The van der Waals surface area contributed by atoms with Gasteiger partial charge in [-0.15, -0.1) is 0 Å². The van der Waals surface area contributed by atoms with Crippen LogP contribution in [0.5, 0.6) is 0 Å². The Kier molecular flexibility index (Phi) is 5.98. The van der Waals surface area contributed by atoms with Gasteiger partial charge in [0, 0.05) is 57.4 Å². The fraction of sp³-hybridized carbons (Fsp3) is 0.682. The summed E-state index contributed by atoms with van der Waals surface area (Å²) >= 11 is 0. The van der Waals surface area contributed by atoms with Crippen molar-refractivity contribution in [1.82, 2.24) is 20.0 Å². The third kappa shape index (κ3) is 4.46. The number of likely N-dealkylation sites (tertiary alicyclic amines) is 1. The zero-order valence-corrected chi connectivity index (χ0v) is 16.6. The van der Waals surface area contributed by atoms with Gasteiger partial charge in [-0.05, 0) is 31.7 Å². The molecule has 2 amide bonds. The van der Waals surface area contributed by atoms with Crippen molar-refractivity contribution in [3.8, 4) is 0 Å². The maximum absolute atomic E-state index is 12.7. The van der Waals surface area contributed by atoms with Gasteiger partial charge in [0.25, 0.3) is 0 Å². The molecule has 0 radical (unpaired) electrons. The highest BCUT2D eigenvalue weighted by Crippen LogP contribution is 2.26. The first-order chi connectivity index (χ1) is 13.2. The van der Waals surface area contributed by atoms with Crippen LogP contribution in [0, 0.1) is 0 Å². The molecule has 2 unspecified atom stereocenters. The van der Waals surface area contributed by atoms with Gasteiger partial charge in [0.15, 0.2) is 0 Å². The van der Waals surface area contributed by atoms with E-state index in [1.54, 1.807) is 0 Å². The molecule has 27 heavy (non-hydrogen) atoms. The fourth-order valence-electron chi connectivity index (χ4n) is 5.02. The second-order valence-electron chi connectivity index (χ2n) is 8.48. The molecule has 148 valence electrons. The van der Waals surface area contributed by atoms with E-state index in [0.717, 1.165) is 51.7 Å². The van der Waals surface area contributed by atoms with Crippen LogP contribution < -0.4 is 5.32 Å². The van der Waals surface area contributed by atoms with Gasteiger partial charge >= 0.3 is 6.03 Å². The normalized spacial score (nSPS) is 26.4. The van der Waals surface area contributed by atoms with Crippen molar-refractivity contribution in [2.24, 2.45) is 0 Å². The number of amides is 2. The van der Waals surface area contributed by atoms with Crippen LogP contribution in [0.15, 0.2) is 30.3 Å². The summed E-state index contributed by atoms with van der Waals surface area (Å²) in [6.45, 7) is 8.10. The number of nitrogens with zero attached hydrogens (tertiary/aromatic N) is 3. The van der Waals surface area contributed by atoms with E-state index in [0.29, 0.717) is 6.04 Å². The summed E-state index contributed by atoms with van der Waals surface area (Å²) in [5.74, 6) is 0. The summed E-state index contributed by atoms with van der Waals surface area (Å²) in [7, 11) is 0. The van der Waals surface area contributed by atoms with E-state index in [2.05, 4.69) is 52.4 Å². The number of hydrogen-bond donors (Lipinski definition) is 1. The van der Waals surface area contributed by atoms with Crippen molar-refractivity contribution < 1.29 is 4.79 Å². The fourth-order valence-corrected chi connectivity index (χ4v) is 5.02. The first-order valence-electron chi connectivity index (χ1n) is 10.8. The Morgan fingerprint density at radius 3 is 2.41 bits per heavy atom. The maximum atomic E-state index is 12.7. The molecule has 1 N–H and O–H groups in total. The van der Waals surface area contributed by atoms with Gasteiger partial charge in [-0.1, -0.05) is 43.2 Å². The summed E-state index contributed by atoms with van der Waals surface area (Å²) in [4.78, 5) is 19.8. The summed E-state index contributed by atoms with van der Waals surface area (Å²) < 4.78 is 0. The van der Waals surface area contributed by atoms with Crippen molar-refractivity contribution in [2.45, 2.75) is 57.2 Å². The molecule has 1 saturated carbocycles. The van der Waals surface area contributed by atoms with Crippen LogP contribution in [-0.2, 0) is 0 Å². The van der Waals surface area contributed by atoms with E-state index >= 15 is 0 Å². The highest BCUT2D eigenvalue weighted by Gasteiger charge is 2.31. The third-order valence-electron chi connectivity index (χ3n) is 6.82. The molecule has 4 rings (SSSR count). The number of carbonyl (C=O) groups is 1. The first kappa shape index (κ1) is 18.8. The van der Waals surface area contributed by atoms with Crippen molar-refractivity contribution in [2.75, 3.05) is 39.3 Å². The van der Waals surface area contributed by atoms with Crippen LogP contribution in [0.3, 0.4) is 0 Å². The number of urea groups is 1. The smallest absolute Gasteiger partial charge is 0.317 e. The molecule has 0 bridgehead atoms. The molecule has 1 aromatic rings. The molecule has 5 nitrogen and oxygen atoms in total. The van der Waals surface area contributed by atoms with Crippen molar-refractivity contribution >= 4 is 6.03 Å². The van der Waals surface area contributed by atoms with Gasteiger partial charge in [0.1, 0.15) is 0 Å². The van der Waals surface area contributed by atoms with Gasteiger partial charge in [-0.2, -0.15) is 0 Å². The number of rotatable bonds is 4. The largest absolute Gasteiger partial charge is 0.334 e. The summed E-state index contributed by atoms with van der Waals surface area (Å²) in [6, 6.07) is 12.3. The van der Waals surface area contributed by atoms with E-state index in [9.17, 15) is 4.79 Å². The minimum atomic E-state index is 0.139. The molecule has 1 aromatic carbocycles. The van der Waals surface area contributed by atoms with Crippen LogP contribution in [0.1, 0.15) is 50.6 Å². The molecule has 2 aliphatic heterocycles. The number of piperazine rings is 1. The van der Waals surface area contributed by atoms with E-state index in [1.807, 2.05) is 4.90 Å². The average Bonchev–Trinajstić information content (AvgIpc) is 3.40. The van der Waals surface area contributed by atoms with Crippen molar-refractivity contribution in [1.29, 1.82) is 0 Å². The molecule has 2 saturated heterocycles. The lowest BCUT2D eigenvalue weighted by atomic mass is 10.1. The summed E-state index contributed by atoms with van der Waals surface area (Å²) in [5.41, 5.74) is 1.35. The minimum Gasteiger partial charge on any atom is -0.334 e. The molecule has 0 spiro atoms. The number of nitrogens with one attached hydrogen (secondary N) is 1. The average molecular weight is 371 g/mol. The molecular formula is C22H34N4O. The zero-order chi connectivity index (χ0) is 18.6. The van der Waals surface area contributed by atoms with Gasteiger partial charge < -0.3 is 10.2 Å². The Morgan fingerprint density at radius 1 is 1.00 bits per heavy atom. The Hall–Kier alpha value is -1.59. The summed E-state index contributed by atoms with van der Waals surface area (Å²) in [5, 5.41) is 3.30. The lowest BCUT2D eigenvalue weighted by Gasteiger charge is -2.38. The number of benzene rings is 1. The van der Waals surface area contributed by atoms with Gasteiger partial charge in [-0.3, -0.25) is 9.80 Å². The standard InChI is InChI=1S/C22H34N4O/c1-18(19-7-3-2-4-8-19)26-12-11-20(17-26)23-22(27)25-15-13-24(14-16-25)21-9-5-6-10-21/h2-4,7-8,18,20-21H,5-6,9-17H2,1H3,(H,23,27). The molecular weight excluding hydrogens is 336 g/mol. The minimum absolute atomic E-state index is 0.139. The van der Waals surface area contributed by atoms with Gasteiger partial charge in [0.05, 0.1) is 0 Å². The highest BCUT2D eigenvalue weighted by atomic mass is 16.2. The van der Waals surface area contributed by atoms with Crippen LogP contribution in [-0.4, -0.2) is 72.1 Å². The van der Waals surface area contributed by atoms with E-state index in [-0.39, 0.29) is 12.1 Å². The molecule has 0 aromatic heterocycles. The molecule has 2 atom stereocenters.